The summed E-state index contributed by atoms with van der Waals surface area (Å²) in [5.41, 5.74) is 14.1. The van der Waals surface area contributed by atoms with E-state index in [1.54, 1.807) is 0 Å². The van der Waals surface area contributed by atoms with Gasteiger partial charge in [0, 0.05) is 59.4 Å². The molecule has 1 aliphatic carbocycles. The molecule has 0 radical (unpaired) electrons. The van der Waals surface area contributed by atoms with Gasteiger partial charge in [0.15, 0.2) is 0 Å². The Labute approximate surface area is 285 Å². The van der Waals surface area contributed by atoms with Gasteiger partial charge in [0.05, 0.1) is 47.4 Å². The molecule has 8 nitrogen and oxygen atoms in total. The number of hydrogen-bond acceptors (Lipinski definition) is 8. The van der Waals surface area contributed by atoms with Crippen molar-refractivity contribution < 1.29 is 19.4 Å². The van der Waals surface area contributed by atoms with E-state index in [-0.39, 0.29) is 24.4 Å². The van der Waals surface area contributed by atoms with Gasteiger partial charge in [-0.25, -0.2) is 15.0 Å². The Morgan fingerprint density at radius 1 is 1.00 bits per heavy atom. The topological polar surface area (TPSA) is 105 Å². The van der Waals surface area contributed by atoms with Gasteiger partial charge in [-0.1, -0.05) is 40.0 Å². The van der Waals surface area contributed by atoms with Gasteiger partial charge in [0.25, 0.3) is 0 Å². The molecule has 0 aromatic heterocycles. The highest BCUT2D eigenvalue weighted by atomic mass is 16.5. The second kappa shape index (κ2) is 13.8. The van der Waals surface area contributed by atoms with Gasteiger partial charge < -0.3 is 19.9 Å². The number of aliphatic imine (C=N–C) groups is 3. The minimum atomic E-state index is -0.269. The lowest BCUT2D eigenvalue weighted by atomic mass is 9.89. The van der Waals surface area contributed by atoms with Crippen LogP contribution in [0.2, 0.25) is 0 Å². The second-order valence-electron chi connectivity index (χ2n) is 13.7. The smallest absolute Gasteiger partial charge is 0.305 e. The molecule has 1 saturated heterocycles. The number of carbonyl (C=O) groups excluding carboxylic acids is 1. The molecule has 0 saturated carbocycles. The van der Waals surface area contributed by atoms with Crippen molar-refractivity contribution in [2.75, 3.05) is 13.7 Å². The van der Waals surface area contributed by atoms with Crippen LogP contribution in [0.4, 0.5) is 0 Å². The summed E-state index contributed by atoms with van der Waals surface area (Å²) < 4.78 is 11.4. The summed E-state index contributed by atoms with van der Waals surface area (Å²) in [4.78, 5) is 27.9. The number of nitrogens with one attached hydrogen (secondary N) is 1. The van der Waals surface area contributed by atoms with Crippen LogP contribution >= 0.6 is 0 Å². The maximum absolute atomic E-state index is 12.3. The molecule has 1 unspecified atom stereocenters. The largest absolute Gasteiger partial charge is 0.511 e. The minimum Gasteiger partial charge on any atom is -0.511 e. The van der Waals surface area contributed by atoms with Crippen molar-refractivity contribution in [3.63, 3.8) is 0 Å². The van der Waals surface area contributed by atoms with E-state index in [0.29, 0.717) is 24.5 Å². The SMILES string of the molecule is CCCCCCOC(C)C1=C(C)C2=CC3=NC(=C4CC(O)=C5C4=NC(=C5C)C=C4NC(=CC1=N2)[C@H](C)[C@H]4CC)C(CCC(=O)OC)=C3C. The lowest BCUT2D eigenvalue weighted by Gasteiger charge is -2.17. The predicted octanol–water partition coefficient (Wildman–Crippen LogP) is 8.60. The van der Waals surface area contributed by atoms with Gasteiger partial charge in [-0.05, 0) is 87.5 Å². The number of ether oxygens (including phenoxy) is 2. The second-order valence-corrected chi connectivity index (χ2v) is 13.7. The summed E-state index contributed by atoms with van der Waals surface area (Å²) in [7, 11) is 1.42. The van der Waals surface area contributed by atoms with E-state index >= 15 is 0 Å². The highest BCUT2D eigenvalue weighted by Gasteiger charge is 2.39. The number of esters is 1. The molecule has 6 aliphatic rings. The summed E-state index contributed by atoms with van der Waals surface area (Å²) in [5, 5.41) is 15.1. The maximum Gasteiger partial charge on any atom is 0.305 e. The first-order valence-corrected chi connectivity index (χ1v) is 17.7. The van der Waals surface area contributed by atoms with E-state index in [0.717, 1.165) is 104 Å². The number of methoxy groups -OCH3 is 1. The third-order valence-electron chi connectivity index (χ3n) is 10.8. The molecule has 8 bridgehead atoms. The lowest BCUT2D eigenvalue weighted by molar-refractivity contribution is -0.140. The van der Waals surface area contributed by atoms with Crippen LogP contribution in [-0.2, 0) is 14.3 Å². The Balaban J connectivity index is 1.52. The average molecular weight is 651 g/mol. The van der Waals surface area contributed by atoms with Crippen molar-refractivity contribution in [3.8, 4) is 0 Å². The Kier molecular flexibility index (Phi) is 9.75. The van der Waals surface area contributed by atoms with E-state index in [9.17, 15) is 9.90 Å². The Bertz CT molecular complexity index is 1790. The fourth-order valence-electron chi connectivity index (χ4n) is 7.85. The zero-order chi connectivity index (χ0) is 34.3. The van der Waals surface area contributed by atoms with Crippen molar-refractivity contribution in [2.24, 2.45) is 26.8 Å². The summed E-state index contributed by atoms with van der Waals surface area (Å²) in [6.07, 6.45) is 13.0. The third kappa shape index (κ3) is 6.04. The molecular formula is C40H50N4O4. The Morgan fingerprint density at radius 2 is 1.79 bits per heavy atom. The zero-order valence-corrected chi connectivity index (χ0v) is 29.8. The lowest BCUT2D eigenvalue weighted by Crippen LogP contribution is -2.19. The van der Waals surface area contributed by atoms with E-state index in [1.807, 2.05) is 6.92 Å². The molecule has 0 aromatic rings. The highest BCUT2D eigenvalue weighted by molar-refractivity contribution is 6.22. The molecule has 6 rings (SSSR count). The van der Waals surface area contributed by atoms with Gasteiger partial charge >= 0.3 is 5.97 Å². The first kappa shape index (κ1) is 33.8. The summed E-state index contributed by atoms with van der Waals surface area (Å²) in [6, 6.07) is 0. The van der Waals surface area contributed by atoms with Gasteiger partial charge in [-0.3, -0.25) is 4.79 Å². The van der Waals surface area contributed by atoms with Gasteiger partial charge in [0.2, 0.25) is 0 Å². The number of hydrogen-bond donors (Lipinski definition) is 2. The minimum absolute atomic E-state index is 0.121. The molecule has 0 spiro atoms. The summed E-state index contributed by atoms with van der Waals surface area (Å²) in [5.74, 6) is 0.605. The third-order valence-corrected chi connectivity index (χ3v) is 10.8. The Hall–Kier alpha value is -4.04. The van der Waals surface area contributed by atoms with Crippen LogP contribution < -0.4 is 5.32 Å². The van der Waals surface area contributed by atoms with E-state index in [4.69, 9.17) is 24.5 Å². The van der Waals surface area contributed by atoms with E-state index in [2.05, 4.69) is 65.1 Å². The standard InChI is InChI=1S/C40H50N4O4/c1-9-11-12-13-16-48-25(7)37-23(5)31-18-30-22(4)27(14-15-36(46)47-8)39(43-30)28-17-35(45)38-24(6)32(44-40(28)38)19-33-26(10-2)21(3)29(41-33)20-34(37)42-31/h18-21,25-26,41,45H,9-17H2,1-8H3/t21-,25?,26-/m1/s1. The van der Waals surface area contributed by atoms with Crippen molar-refractivity contribution in [1.82, 2.24) is 5.32 Å². The molecule has 8 heteroatoms. The fourth-order valence-corrected chi connectivity index (χ4v) is 7.85. The number of allylic oxidation sites excluding steroid dienone is 11. The molecule has 254 valence electrons. The van der Waals surface area contributed by atoms with E-state index in [1.165, 1.54) is 26.4 Å². The number of fused-ring (bicyclic) bond motifs is 5. The number of aliphatic hydroxyl groups excluding tert-OH is 1. The quantitative estimate of drug-likeness (QED) is 0.172. The monoisotopic (exact) mass is 650 g/mol. The normalized spacial score (nSPS) is 23.8. The predicted molar refractivity (Wildman–Crippen MR) is 193 cm³/mol. The molecular weight excluding hydrogens is 600 g/mol. The molecule has 0 amide bonds. The zero-order valence-electron chi connectivity index (χ0n) is 29.8. The van der Waals surface area contributed by atoms with Crippen LogP contribution in [0, 0.1) is 11.8 Å². The maximum atomic E-state index is 12.3. The number of nitrogens with zero attached hydrogens (tertiary/aromatic N) is 3. The molecule has 48 heavy (non-hydrogen) atoms. The molecule has 2 N–H and O–H groups in total. The van der Waals surface area contributed by atoms with Crippen molar-refractivity contribution >= 4 is 23.1 Å². The van der Waals surface area contributed by atoms with Crippen molar-refractivity contribution in [1.29, 1.82) is 0 Å². The molecule has 5 aliphatic heterocycles. The number of unbranched alkanes of at least 4 members (excludes halogenated alkanes) is 3. The van der Waals surface area contributed by atoms with Gasteiger partial charge in [-0.2, -0.15) is 0 Å². The van der Waals surface area contributed by atoms with Gasteiger partial charge in [0.1, 0.15) is 5.76 Å². The fraction of sp³-hybridized carbons (Fsp3) is 0.500. The van der Waals surface area contributed by atoms with Crippen LogP contribution in [0.3, 0.4) is 0 Å². The van der Waals surface area contributed by atoms with Crippen LogP contribution in [0.15, 0.2) is 106 Å². The average Bonchev–Trinajstić information content (AvgIpc) is 3.82. The summed E-state index contributed by atoms with van der Waals surface area (Å²) in [6.45, 7) is 15.8. The van der Waals surface area contributed by atoms with Crippen molar-refractivity contribution in [2.45, 2.75) is 106 Å². The van der Waals surface area contributed by atoms with Crippen LogP contribution in [-0.4, -0.2) is 48.0 Å². The number of aliphatic hydroxyl groups is 1. The number of carbonyl (C=O) groups is 1. The first-order valence-electron chi connectivity index (χ1n) is 17.7. The highest BCUT2D eigenvalue weighted by Crippen LogP contribution is 2.45. The Morgan fingerprint density at radius 3 is 2.52 bits per heavy atom. The van der Waals surface area contributed by atoms with Crippen LogP contribution in [0.5, 0.6) is 0 Å². The van der Waals surface area contributed by atoms with E-state index < -0.39 is 0 Å². The molecule has 0 aromatic carbocycles. The first-order chi connectivity index (χ1) is 23.1. The van der Waals surface area contributed by atoms with Crippen LogP contribution in [0.1, 0.15) is 99.8 Å². The summed E-state index contributed by atoms with van der Waals surface area (Å²) >= 11 is 0. The molecule has 5 heterocycles. The van der Waals surface area contributed by atoms with Crippen LogP contribution in [0.25, 0.3) is 0 Å². The molecule has 3 atom stereocenters. The van der Waals surface area contributed by atoms with Gasteiger partial charge in [-0.15, -0.1) is 0 Å². The van der Waals surface area contributed by atoms with Crippen molar-refractivity contribution in [3.05, 3.63) is 91.5 Å². The number of rotatable bonds is 11. The molecule has 1 fully saturated rings.